The Bertz CT molecular complexity index is 4210. The molecular formula is C77H65N. The van der Waals surface area contributed by atoms with Crippen molar-refractivity contribution < 1.29 is 0 Å². The minimum atomic E-state index is 0.243. The zero-order valence-corrected chi connectivity index (χ0v) is 45.4. The quantitative estimate of drug-likeness (QED) is 0.150. The van der Waals surface area contributed by atoms with Crippen LogP contribution in [0.15, 0.2) is 285 Å². The van der Waals surface area contributed by atoms with Crippen LogP contribution in [0.3, 0.4) is 0 Å². The number of allylic oxidation sites excluding steroid dienone is 2. The van der Waals surface area contributed by atoms with Crippen molar-refractivity contribution in [1.82, 2.24) is 0 Å². The van der Waals surface area contributed by atoms with Crippen LogP contribution in [-0.4, -0.2) is 6.04 Å². The second-order valence-electron chi connectivity index (χ2n) is 20.2. The summed E-state index contributed by atoms with van der Waals surface area (Å²) in [6.45, 7) is 10.4. The zero-order chi connectivity index (χ0) is 53.4. The molecule has 0 saturated heterocycles. The van der Waals surface area contributed by atoms with Crippen molar-refractivity contribution in [2.75, 3.05) is 4.90 Å². The van der Waals surface area contributed by atoms with E-state index in [4.69, 9.17) is 0 Å². The highest BCUT2D eigenvalue weighted by atomic mass is 15.2. The van der Waals surface area contributed by atoms with Gasteiger partial charge in [0.1, 0.15) is 0 Å². The lowest BCUT2D eigenvalue weighted by Crippen LogP contribution is -2.29. The molecular weight excluding hydrogens is 939 g/mol. The maximum atomic E-state index is 2.48. The Balaban J connectivity index is 0.000000158. The highest BCUT2D eigenvalue weighted by molar-refractivity contribution is 6.27. The fourth-order valence-electron chi connectivity index (χ4n) is 11.2. The van der Waals surface area contributed by atoms with Crippen LogP contribution in [0, 0.1) is 20.8 Å². The number of aryl methyl sites for hydroxylation is 3. The minimum Gasteiger partial charge on any atom is -0.334 e. The predicted octanol–water partition coefficient (Wildman–Crippen LogP) is 22.0. The topological polar surface area (TPSA) is 3.24 Å². The molecule has 0 aliphatic heterocycles. The fraction of sp³-hybridized carbons (Fsp3) is 0.0909. The molecule has 78 heavy (non-hydrogen) atoms. The molecule has 0 N–H and O–H groups in total. The van der Waals surface area contributed by atoms with Crippen molar-refractivity contribution in [2.24, 2.45) is 0 Å². The van der Waals surface area contributed by atoms with E-state index in [0.29, 0.717) is 0 Å². The first-order valence-electron chi connectivity index (χ1n) is 27.6. The third-order valence-electron chi connectivity index (χ3n) is 15.1. The molecule has 13 aromatic carbocycles. The van der Waals surface area contributed by atoms with E-state index in [2.05, 4.69) is 293 Å². The molecule has 13 aromatic rings. The van der Waals surface area contributed by atoms with E-state index in [9.17, 15) is 0 Å². The predicted molar refractivity (Wildman–Crippen MR) is 341 cm³/mol. The second-order valence-corrected chi connectivity index (χ2v) is 20.2. The van der Waals surface area contributed by atoms with Gasteiger partial charge in [-0.25, -0.2) is 0 Å². The molecule has 378 valence electrons. The number of hydrogen-bond acceptors (Lipinski definition) is 1. The van der Waals surface area contributed by atoms with E-state index in [-0.39, 0.29) is 6.04 Å². The smallest absolute Gasteiger partial charge is 0.0559 e. The summed E-state index contributed by atoms with van der Waals surface area (Å²) in [4.78, 5) is 2.48. The molecule has 0 aromatic heterocycles. The molecule has 0 radical (unpaired) electrons. The third-order valence-corrected chi connectivity index (χ3v) is 15.1. The van der Waals surface area contributed by atoms with Gasteiger partial charge in [-0.1, -0.05) is 279 Å². The monoisotopic (exact) mass is 1000 g/mol. The van der Waals surface area contributed by atoms with Crippen LogP contribution >= 0.6 is 0 Å². The summed E-state index contributed by atoms with van der Waals surface area (Å²) in [6, 6.07) is 94.9. The van der Waals surface area contributed by atoms with Crippen molar-refractivity contribution in [1.29, 1.82) is 0 Å². The van der Waals surface area contributed by atoms with Gasteiger partial charge in [0.15, 0.2) is 0 Å². The molecule has 0 amide bonds. The number of hydrogen-bond donors (Lipinski definition) is 0. The van der Waals surface area contributed by atoms with E-state index in [1.54, 1.807) is 0 Å². The molecule has 0 spiro atoms. The van der Waals surface area contributed by atoms with E-state index < -0.39 is 0 Å². The molecule has 1 aliphatic rings. The summed E-state index contributed by atoms with van der Waals surface area (Å²) in [5, 5.41) is 15.8. The maximum Gasteiger partial charge on any atom is 0.0559 e. The van der Waals surface area contributed by atoms with Gasteiger partial charge in [0, 0.05) is 11.4 Å². The van der Waals surface area contributed by atoms with E-state index in [1.165, 1.54) is 126 Å². The van der Waals surface area contributed by atoms with Gasteiger partial charge < -0.3 is 4.90 Å². The summed E-state index contributed by atoms with van der Waals surface area (Å²) in [6.07, 6.45) is 9.86. The highest BCUT2D eigenvalue weighted by Gasteiger charge is 2.20. The number of rotatable bonds is 6. The average molecular weight is 1000 g/mol. The maximum absolute atomic E-state index is 2.48. The molecule has 0 saturated carbocycles. The van der Waals surface area contributed by atoms with E-state index >= 15 is 0 Å². The molecule has 0 fully saturated rings. The van der Waals surface area contributed by atoms with Crippen molar-refractivity contribution in [3.63, 3.8) is 0 Å². The first kappa shape index (κ1) is 50.8. The van der Waals surface area contributed by atoms with Gasteiger partial charge in [0.05, 0.1) is 6.04 Å². The zero-order valence-electron chi connectivity index (χ0n) is 45.4. The van der Waals surface area contributed by atoms with Crippen LogP contribution in [-0.2, 0) is 0 Å². The Morgan fingerprint density at radius 2 is 0.641 bits per heavy atom. The summed E-state index contributed by atoms with van der Waals surface area (Å²) in [7, 11) is 0. The Hall–Kier alpha value is -9.30. The average Bonchev–Trinajstić information content (AvgIpc) is 3.64. The van der Waals surface area contributed by atoms with E-state index in [0.717, 1.165) is 6.42 Å². The third kappa shape index (κ3) is 10.6. The molecule has 14 rings (SSSR count). The summed E-state index contributed by atoms with van der Waals surface area (Å²) in [5.41, 5.74) is 13.8. The standard InChI is InChI=1S/C43H33N.C25H18.C7H8.C2H6/c1-30-18-20-31(21-19-30)32-22-25-36(26-23-32)44(35-11-3-2-4-12-35)37-13-9-10-33(28-37)34-24-27-42-40-16-6-5-14-38(40)39-15-7-8-17-41(39)43(42)29-34;1-17-7-6-8-18(15-17)19-13-14-24-22-11-3-2-9-20(22)21-10-4-5-12-23(21)25(24)16-19;1-7-5-3-2-4-6-7;1-2/h2-11,13-29,35H,12H2,1H3;2-16H,1H3;2-6H,1H3;1-2H3. The fourth-order valence-corrected chi connectivity index (χ4v) is 11.2. The largest absolute Gasteiger partial charge is 0.334 e. The lowest BCUT2D eigenvalue weighted by atomic mass is 9.92. The molecule has 1 unspecified atom stereocenters. The molecule has 1 atom stereocenters. The number of nitrogens with zero attached hydrogens (tertiary/aromatic N) is 1. The van der Waals surface area contributed by atoms with Crippen LogP contribution in [0.2, 0.25) is 0 Å². The molecule has 1 nitrogen and oxygen atoms in total. The van der Waals surface area contributed by atoms with Crippen LogP contribution in [0.4, 0.5) is 11.4 Å². The first-order chi connectivity index (χ1) is 38.4. The first-order valence-corrected chi connectivity index (χ1v) is 27.6. The van der Waals surface area contributed by atoms with Gasteiger partial charge >= 0.3 is 0 Å². The van der Waals surface area contributed by atoms with Gasteiger partial charge in [0.2, 0.25) is 0 Å². The Morgan fingerprint density at radius 3 is 1.08 bits per heavy atom. The van der Waals surface area contributed by atoms with Gasteiger partial charge in [-0.05, 0) is 162 Å². The van der Waals surface area contributed by atoms with Gasteiger partial charge in [-0.15, -0.1) is 0 Å². The number of fused-ring (bicyclic) bond motifs is 12. The van der Waals surface area contributed by atoms with Crippen molar-refractivity contribution in [2.45, 2.75) is 47.1 Å². The minimum absolute atomic E-state index is 0.243. The molecule has 1 aliphatic carbocycles. The number of benzene rings is 13. The van der Waals surface area contributed by atoms with Gasteiger partial charge in [0.25, 0.3) is 0 Å². The van der Waals surface area contributed by atoms with E-state index in [1.807, 2.05) is 32.0 Å². The summed E-state index contributed by atoms with van der Waals surface area (Å²) in [5.74, 6) is 0. The van der Waals surface area contributed by atoms with Crippen LogP contribution in [0.5, 0.6) is 0 Å². The summed E-state index contributed by atoms with van der Waals surface area (Å²) >= 11 is 0. The Kier molecular flexibility index (Phi) is 15.2. The lowest BCUT2D eigenvalue weighted by Gasteiger charge is -2.33. The Labute approximate surface area is 460 Å². The lowest BCUT2D eigenvalue weighted by molar-refractivity contribution is 0.785. The van der Waals surface area contributed by atoms with Crippen molar-refractivity contribution >= 4 is 76.0 Å². The van der Waals surface area contributed by atoms with Crippen LogP contribution in [0.1, 0.15) is 37.0 Å². The molecule has 1 heteroatoms. The van der Waals surface area contributed by atoms with Crippen molar-refractivity contribution in [3.05, 3.63) is 302 Å². The van der Waals surface area contributed by atoms with Gasteiger partial charge in [-0.3, -0.25) is 0 Å². The van der Waals surface area contributed by atoms with Crippen molar-refractivity contribution in [3.8, 4) is 33.4 Å². The van der Waals surface area contributed by atoms with Crippen LogP contribution in [0.25, 0.3) is 98.0 Å². The number of anilines is 2. The second kappa shape index (κ2) is 23.3. The molecule has 0 bridgehead atoms. The Morgan fingerprint density at radius 1 is 0.269 bits per heavy atom. The van der Waals surface area contributed by atoms with Crippen LogP contribution < -0.4 is 4.90 Å². The normalized spacial score (nSPS) is 12.7. The highest BCUT2D eigenvalue weighted by Crippen LogP contribution is 2.40. The molecule has 0 heterocycles. The SMILES string of the molecule is CC.Cc1ccc(-c2ccc(N(c3cccc(-c4ccc5c6ccccc6c6ccccc6c5c4)c3)C3C=CC=CC3)cc2)cc1.Cc1cccc(-c2ccc3c4ccccc4c4ccccc4c3c2)c1.Cc1ccccc1. The summed E-state index contributed by atoms with van der Waals surface area (Å²) < 4.78 is 0. The van der Waals surface area contributed by atoms with Gasteiger partial charge in [-0.2, -0.15) is 0 Å².